The Hall–Kier alpha value is -1.32. The molecule has 2 unspecified atom stereocenters. The average Bonchev–Trinajstić information content (AvgIpc) is 2.43. The van der Waals surface area contributed by atoms with E-state index in [1.54, 1.807) is 13.0 Å². The molecule has 0 aromatic rings. The van der Waals surface area contributed by atoms with Gasteiger partial charge in [-0.05, 0) is 19.4 Å². The molecule has 0 saturated carbocycles. The maximum absolute atomic E-state index is 11.8. The van der Waals surface area contributed by atoms with Crippen molar-refractivity contribution >= 4 is 11.9 Å². The molecule has 0 aromatic heterocycles. The third-order valence-electron chi connectivity index (χ3n) is 4.07. The van der Waals surface area contributed by atoms with Gasteiger partial charge in [0.1, 0.15) is 5.76 Å². The topological polar surface area (TPSA) is 63.6 Å². The van der Waals surface area contributed by atoms with Gasteiger partial charge in [0.25, 0.3) is 0 Å². The molecule has 0 fully saturated rings. The summed E-state index contributed by atoms with van der Waals surface area (Å²) < 4.78 is 5.06. The second kappa shape index (κ2) is 9.59. The fourth-order valence-corrected chi connectivity index (χ4v) is 2.82. The van der Waals surface area contributed by atoms with Crippen LogP contribution in [0, 0.1) is 11.8 Å². The molecular formula is C17H28O4. The second-order valence-corrected chi connectivity index (χ2v) is 5.93. The highest BCUT2D eigenvalue weighted by atomic mass is 16.5. The Morgan fingerprint density at radius 1 is 1.14 bits per heavy atom. The van der Waals surface area contributed by atoms with Gasteiger partial charge >= 0.3 is 11.9 Å². The molecule has 120 valence electrons. The number of rotatable bonds is 10. The standard InChI is InChI=1S/C17H28O4/c1-3-4-5-6-7-8-9-10-11-14-15(16(18)19)12-13(2)21-17(14)20/h12,14-15H,3-11H2,1-2H3,(H,18,19). The zero-order chi connectivity index (χ0) is 15.7. The minimum atomic E-state index is -0.935. The van der Waals surface area contributed by atoms with E-state index < -0.39 is 17.8 Å². The van der Waals surface area contributed by atoms with Crippen LogP contribution in [0.1, 0.15) is 71.6 Å². The summed E-state index contributed by atoms with van der Waals surface area (Å²) in [6.07, 6.45) is 11.7. The second-order valence-electron chi connectivity index (χ2n) is 5.93. The lowest BCUT2D eigenvalue weighted by Crippen LogP contribution is -2.33. The molecule has 2 atom stereocenters. The Kier molecular flexibility index (Phi) is 8.09. The van der Waals surface area contributed by atoms with Crippen LogP contribution in [-0.2, 0) is 14.3 Å². The van der Waals surface area contributed by atoms with Crippen LogP contribution in [0.4, 0.5) is 0 Å². The molecule has 21 heavy (non-hydrogen) atoms. The monoisotopic (exact) mass is 296 g/mol. The van der Waals surface area contributed by atoms with Crippen molar-refractivity contribution in [3.63, 3.8) is 0 Å². The van der Waals surface area contributed by atoms with Crippen LogP contribution in [0.25, 0.3) is 0 Å². The lowest BCUT2D eigenvalue weighted by molar-refractivity contribution is -0.155. The number of esters is 1. The van der Waals surface area contributed by atoms with E-state index in [2.05, 4.69) is 6.92 Å². The summed E-state index contributed by atoms with van der Waals surface area (Å²) in [7, 11) is 0. The fraction of sp³-hybridized carbons (Fsp3) is 0.765. The van der Waals surface area contributed by atoms with Crippen LogP contribution in [0.3, 0.4) is 0 Å². The third-order valence-corrected chi connectivity index (χ3v) is 4.07. The van der Waals surface area contributed by atoms with Gasteiger partial charge in [-0.15, -0.1) is 0 Å². The van der Waals surface area contributed by atoms with Crippen molar-refractivity contribution in [1.82, 2.24) is 0 Å². The minimum absolute atomic E-state index is 0.384. The number of carboxylic acids is 1. The first kappa shape index (κ1) is 17.7. The predicted molar refractivity (Wildman–Crippen MR) is 81.7 cm³/mol. The van der Waals surface area contributed by atoms with Gasteiger partial charge in [-0.1, -0.05) is 58.3 Å². The van der Waals surface area contributed by atoms with E-state index in [9.17, 15) is 14.7 Å². The van der Waals surface area contributed by atoms with Crippen LogP contribution in [0.2, 0.25) is 0 Å². The normalized spacial score (nSPS) is 21.8. The molecular weight excluding hydrogens is 268 g/mol. The van der Waals surface area contributed by atoms with Crippen molar-refractivity contribution in [2.75, 3.05) is 0 Å². The summed E-state index contributed by atoms with van der Waals surface area (Å²) in [6.45, 7) is 3.83. The third kappa shape index (κ3) is 6.32. The first-order chi connectivity index (χ1) is 10.1. The highest BCUT2D eigenvalue weighted by molar-refractivity contribution is 5.84. The van der Waals surface area contributed by atoms with Crippen molar-refractivity contribution in [3.8, 4) is 0 Å². The summed E-state index contributed by atoms with van der Waals surface area (Å²) in [6, 6.07) is 0. The van der Waals surface area contributed by atoms with Crippen molar-refractivity contribution in [3.05, 3.63) is 11.8 Å². The smallest absolute Gasteiger partial charge is 0.315 e. The van der Waals surface area contributed by atoms with Gasteiger partial charge in [-0.25, -0.2) is 0 Å². The molecule has 1 N–H and O–H groups in total. The Morgan fingerprint density at radius 2 is 1.71 bits per heavy atom. The van der Waals surface area contributed by atoms with Gasteiger partial charge in [0.15, 0.2) is 0 Å². The number of unbranched alkanes of at least 4 members (excludes halogenated alkanes) is 7. The number of cyclic esters (lactones) is 1. The van der Waals surface area contributed by atoms with Crippen LogP contribution in [-0.4, -0.2) is 17.0 Å². The van der Waals surface area contributed by atoms with Gasteiger partial charge in [-0.2, -0.15) is 0 Å². The number of carbonyl (C=O) groups is 2. The van der Waals surface area contributed by atoms with E-state index in [1.807, 2.05) is 0 Å². The molecule has 0 aromatic carbocycles. The van der Waals surface area contributed by atoms with E-state index in [-0.39, 0.29) is 5.97 Å². The number of allylic oxidation sites excluding steroid dienone is 1. The molecule has 0 aliphatic carbocycles. The Labute approximate surface area is 127 Å². The Balaban J connectivity index is 2.26. The molecule has 0 bridgehead atoms. The number of carbonyl (C=O) groups excluding carboxylic acids is 1. The summed E-state index contributed by atoms with van der Waals surface area (Å²) in [5.41, 5.74) is 0. The summed E-state index contributed by atoms with van der Waals surface area (Å²) in [5, 5.41) is 9.22. The predicted octanol–water partition coefficient (Wildman–Crippen LogP) is 4.29. The number of hydrogen-bond donors (Lipinski definition) is 1. The van der Waals surface area contributed by atoms with Gasteiger partial charge in [0.2, 0.25) is 0 Å². The zero-order valence-electron chi connectivity index (χ0n) is 13.3. The summed E-state index contributed by atoms with van der Waals surface area (Å²) in [4.78, 5) is 23.1. The molecule has 0 saturated heterocycles. The van der Waals surface area contributed by atoms with Crippen molar-refractivity contribution in [1.29, 1.82) is 0 Å². The Morgan fingerprint density at radius 3 is 2.29 bits per heavy atom. The van der Waals surface area contributed by atoms with Crippen LogP contribution < -0.4 is 0 Å². The van der Waals surface area contributed by atoms with Gasteiger partial charge in [0, 0.05) is 0 Å². The summed E-state index contributed by atoms with van der Waals surface area (Å²) in [5.74, 6) is -2.16. The van der Waals surface area contributed by atoms with Crippen LogP contribution in [0.15, 0.2) is 11.8 Å². The lowest BCUT2D eigenvalue weighted by Gasteiger charge is -2.25. The fourth-order valence-electron chi connectivity index (χ4n) is 2.82. The van der Waals surface area contributed by atoms with Gasteiger partial charge in [0.05, 0.1) is 11.8 Å². The molecule has 1 rings (SSSR count). The largest absolute Gasteiger partial charge is 0.481 e. The average molecular weight is 296 g/mol. The van der Waals surface area contributed by atoms with E-state index >= 15 is 0 Å². The molecule has 0 radical (unpaired) electrons. The molecule has 4 nitrogen and oxygen atoms in total. The van der Waals surface area contributed by atoms with E-state index in [0.29, 0.717) is 12.2 Å². The zero-order valence-corrected chi connectivity index (χ0v) is 13.3. The van der Waals surface area contributed by atoms with Crippen molar-refractivity contribution in [2.45, 2.75) is 71.6 Å². The number of hydrogen-bond acceptors (Lipinski definition) is 3. The number of aliphatic carboxylic acids is 1. The van der Waals surface area contributed by atoms with E-state index in [1.165, 1.54) is 32.1 Å². The van der Waals surface area contributed by atoms with Crippen molar-refractivity contribution < 1.29 is 19.4 Å². The molecule has 4 heteroatoms. The summed E-state index contributed by atoms with van der Waals surface area (Å²) >= 11 is 0. The van der Waals surface area contributed by atoms with E-state index in [0.717, 1.165) is 19.3 Å². The molecule has 1 aliphatic rings. The maximum atomic E-state index is 11.8. The first-order valence-electron chi connectivity index (χ1n) is 8.19. The Bertz CT molecular complexity index is 373. The highest BCUT2D eigenvalue weighted by Gasteiger charge is 2.36. The lowest BCUT2D eigenvalue weighted by atomic mass is 9.85. The molecule has 1 heterocycles. The van der Waals surface area contributed by atoms with Gasteiger partial charge in [-0.3, -0.25) is 9.59 Å². The minimum Gasteiger partial charge on any atom is -0.481 e. The molecule has 0 amide bonds. The number of ether oxygens (including phenoxy) is 1. The highest BCUT2D eigenvalue weighted by Crippen LogP contribution is 2.29. The van der Waals surface area contributed by atoms with E-state index in [4.69, 9.17) is 4.74 Å². The quantitative estimate of drug-likeness (QED) is 0.482. The number of carboxylic acid groups (broad SMARTS) is 1. The maximum Gasteiger partial charge on any atom is 0.315 e. The van der Waals surface area contributed by atoms with Crippen LogP contribution in [0.5, 0.6) is 0 Å². The molecule has 0 spiro atoms. The molecule has 1 aliphatic heterocycles. The SMILES string of the molecule is CCCCCCCCCCC1C(=O)OC(C)=CC1C(=O)O. The first-order valence-corrected chi connectivity index (χ1v) is 8.19. The van der Waals surface area contributed by atoms with Gasteiger partial charge < -0.3 is 9.84 Å². The van der Waals surface area contributed by atoms with Crippen molar-refractivity contribution in [2.24, 2.45) is 11.8 Å². The van der Waals surface area contributed by atoms with Crippen LogP contribution >= 0.6 is 0 Å².